The fourth-order valence-corrected chi connectivity index (χ4v) is 8.30. The summed E-state index contributed by atoms with van der Waals surface area (Å²) in [7, 11) is -4.08. The number of nitrogens with zero attached hydrogens (tertiary/aromatic N) is 2. The molecule has 42 heavy (non-hydrogen) atoms. The van der Waals surface area contributed by atoms with Crippen LogP contribution in [0.5, 0.6) is 0 Å². The summed E-state index contributed by atoms with van der Waals surface area (Å²) >= 11 is 0. The maximum atomic E-state index is 13.2. The van der Waals surface area contributed by atoms with E-state index in [4.69, 9.17) is 6.42 Å². The van der Waals surface area contributed by atoms with E-state index in [1.165, 1.54) is 0 Å². The summed E-state index contributed by atoms with van der Waals surface area (Å²) in [6.45, 7) is 3.37. The van der Waals surface area contributed by atoms with E-state index < -0.39 is 50.1 Å². The third kappa shape index (κ3) is 6.53. The number of rotatable bonds is 12. The van der Waals surface area contributed by atoms with Gasteiger partial charge in [-0.3, -0.25) is 24.7 Å². The smallest absolute Gasteiger partial charge is 0.322 e. The molecule has 0 heterocycles. The number of hydrogen-bond acceptors (Lipinski definition) is 7. The van der Waals surface area contributed by atoms with Crippen molar-refractivity contribution >= 4 is 33.3 Å². The van der Waals surface area contributed by atoms with Crippen molar-refractivity contribution in [3.63, 3.8) is 0 Å². The lowest BCUT2D eigenvalue weighted by Gasteiger charge is -2.36. The Kier molecular flexibility index (Phi) is 8.84. The average Bonchev–Trinajstić information content (AvgIpc) is 3.25. The van der Waals surface area contributed by atoms with Crippen LogP contribution in [0.25, 0.3) is 11.1 Å². The molecule has 3 N–H and O–H groups in total. The Hall–Kier alpha value is -4.08. The Balaban J connectivity index is 1.45. The lowest BCUT2D eigenvalue weighted by atomic mass is 9.70. The first-order valence-corrected chi connectivity index (χ1v) is 15.2. The predicted molar refractivity (Wildman–Crippen MR) is 159 cm³/mol. The first kappa shape index (κ1) is 30.9. The summed E-state index contributed by atoms with van der Waals surface area (Å²) in [6, 6.07) is 12.7. The first-order chi connectivity index (χ1) is 19.8. The molecule has 0 aromatic heterocycles. The minimum absolute atomic E-state index is 0.00225. The van der Waals surface area contributed by atoms with Crippen LogP contribution in [0.2, 0.25) is 0 Å². The van der Waals surface area contributed by atoms with E-state index in [-0.39, 0.29) is 30.5 Å². The van der Waals surface area contributed by atoms with Crippen LogP contribution >= 0.6 is 0 Å². The van der Waals surface area contributed by atoms with Crippen molar-refractivity contribution < 1.29 is 28.0 Å². The standard InChI is InChI=1S/C30H34N4O7S/c1-4-14-31-27(18-34(38)39)32-24-7-5-6-22(16-24)21-10-8-20(9-11-21)15-25(28(36)37)33-42(40,41)19-30-13-12-23(17-26(30)35)29(30,2)3/h1,5-11,16,23,25,33H,12-15,17-19H2,2-3H3,(H,31,32)(H,36,37)/t23-,25-,30?/m0/s1. The number of carboxylic acids is 1. The number of fused-ring (bicyclic) bond motifs is 2. The molecular formula is C30H34N4O7S. The summed E-state index contributed by atoms with van der Waals surface area (Å²) in [5.41, 5.74) is 1.32. The van der Waals surface area contributed by atoms with E-state index in [1.54, 1.807) is 42.5 Å². The van der Waals surface area contributed by atoms with Gasteiger partial charge in [0, 0.05) is 22.4 Å². The summed E-state index contributed by atoms with van der Waals surface area (Å²) in [5, 5.41) is 23.7. The number of carbonyl (C=O) groups is 2. The molecule has 2 aliphatic carbocycles. The maximum absolute atomic E-state index is 13.2. The number of ketones is 1. The molecule has 0 spiro atoms. The van der Waals surface area contributed by atoms with Gasteiger partial charge in [-0.15, -0.1) is 6.42 Å². The van der Waals surface area contributed by atoms with Gasteiger partial charge in [0.2, 0.25) is 10.0 Å². The topological polar surface area (TPSA) is 168 Å². The molecule has 222 valence electrons. The molecule has 2 fully saturated rings. The van der Waals surface area contributed by atoms with Crippen LogP contribution in [0, 0.1) is 39.2 Å². The highest BCUT2D eigenvalue weighted by Crippen LogP contribution is 2.64. The molecule has 0 saturated heterocycles. The predicted octanol–water partition coefficient (Wildman–Crippen LogP) is 3.38. The van der Waals surface area contributed by atoms with Crippen molar-refractivity contribution in [2.24, 2.45) is 21.7 Å². The monoisotopic (exact) mass is 594 g/mol. The fraction of sp³-hybridized carbons (Fsp3) is 0.433. The van der Waals surface area contributed by atoms with Gasteiger partial charge in [-0.2, -0.15) is 0 Å². The number of terminal acetylenes is 1. The van der Waals surface area contributed by atoms with Crippen LogP contribution in [-0.4, -0.2) is 60.9 Å². The Labute approximate surface area is 245 Å². The van der Waals surface area contributed by atoms with Crippen molar-refractivity contribution in [1.29, 1.82) is 0 Å². The molecule has 2 aliphatic rings. The van der Waals surface area contributed by atoms with Gasteiger partial charge in [-0.05, 0) is 59.4 Å². The highest BCUT2D eigenvalue weighted by molar-refractivity contribution is 7.89. The lowest BCUT2D eigenvalue weighted by Crippen LogP contribution is -2.49. The number of sulfonamides is 1. The molecule has 2 saturated carbocycles. The van der Waals surface area contributed by atoms with Gasteiger partial charge in [0.05, 0.1) is 5.75 Å². The molecule has 12 heteroatoms. The van der Waals surface area contributed by atoms with Gasteiger partial charge >= 0.3 is 5.97 Å². The highest BCUT2D eigenvalue weighted by Gasteiger charge is 2.65. The fourth-order valence-electron chi connectivity index (χ4n) is 6.27. The van der Waals surface area contributed by atoms with Gasteiger partial charge in [-0.1, -0.05) is 56.2 Å². The quantitative estimate of drug-likeness (QED) is 0.110. The second-order valence-corrected chi connectivity index (χ2v) is 13.3. The third-order valence-corrected chi connectivity index (χ3v) is 10.2. The minimum atomic E-state index is -4.08. The number of amidine groups is 1. The van der Waals surface area contributed by atoms with E-state index in [0.29, 0.717) is 24.1 Å². The van der Waals surface area contributed by atoms with Gasteiger partial charge < -0.3 is 10.4 Å². The number of aliphatic imine (C=N–C) groups is 1. The summed E-state index contributed by atoms with van der Waals surface area (Å²) in [6.07, 6.45) is 6.79. The summed E-state index contributed by atoms with van der Waals surface area (Å²) in [4.78, 5) is 39.4. The Morgan fingerprint density at radius 2 is 1.95 bits per heavy atom. The number of anilines is 1. The maximum Gasteiger partial charge on any atom is 0.322 e. The first-order valence-electron chi connectivity index (χ1n) is 13.6. The normalized spacial score (nSPS) is 22.0. The van der Waals surface area contributed by atoms with Crippen LogP contribution < -0.4 is 10.0 Å². The van der Waals surface area contributed by atoms with Crippen LogP contribution in [-0.2, 0) is 26.0 Å². The van der Waals surface area contributed by atoms with E-state index in [0.717, 1.165) is 17.5 Å². The van der Waals surface area contributed by atoms with Crippen molar-refractivity contribution in [1.82, 2.24) is 4.72 Å². The molecular weight excluding hydrogens is 560 g/mol. The van der Waals surface area contributed by atoms with Gasteiger partial charge in [0.1, 0.15) is 18.4 Å². The van der Waals surface area contributed by atoms with Gasteiger partial charge in [0.15, 0.2) is 5.84 Å². The molecule has 11 nitrogen and oxygen atoms in total. The zero-order valence-electron chi connectivity index (χ0n) is 23.5. The number of Topliss-reactive ketones (excluding diaryl/α,β-unsaturated/α-hetero) is 1. The average molecular weight is 595 g/mol. The van der Waals surface area contributed by atoms with E-state index in [9.17, 15) is 33.2 Å². The van der Waals surface area contributed by atoms with Crippen LogP contribution in [0.3, 0.4) is 0 Å². The molecule has 0 aliphatic heterocycles. The number of aliphatic carboxylic acids is 1. The van der Waals surface area contributed by atoms with E-state index >= 15 is 0 Å². The summed E-state index contributed by atoms with van der Waals surface area (Å²) in [5.74, 6) is 0.825. The Bertz CT molecular complexity index is 1560. The molecule has 2 aromatic rings. The Morgan fingerprint density at radius 1 is 1.24 bits per heavy atom. The van der Waals surface area contributed by atoms with Crippen LogP contribution in [0.1, 0.15) is 38.7 Å². The second-order valence-electron chi connectivity index (χ2n) is 11.5. The zero-order valence-corrected chi connectivity index (χ0v) is 24.3. The minimum Gasteiger partial charge on any atom is -0.480 e. The SMILES string of the molecule is C#CCN=C(C[N+](=O)[O-])Nc1cccc(-c2ccc(C[C@H](NS(=O)(=O)CC34CC[C@@H](CC3=O)C4(C)C)C(=O)O)cc2)c1. The third-order valence-electron chi connectivity index (χ3n) is 8.71. The molecule has 2 aromatic carbocycles. The molecule has 0 amide bonds. The Morgan fingerprint density at radius 3 is 2.52 bits per heavy atom. The molecule has 1 unspecified atom stereocenters. The number of carboxylic acid groups (broad SMARTS) is 1. The van der Waals surface area contributed by atoms with Crippen molar-refractivity contribution in [3.8, 4) is 23.5 Å². The molecule has 3 atom stereocenters. The lowest BCUT2D eigenvalue weighted by molar-refractivity contribution is -0.463. The summed E-state index contributed by atoms with van der Waals surface area (Å²) < 4.78 is 28.7. The van der Waals surface area contributed by atoms with E-state index in [1.807, 2.05) is 19.9 Å². The van der Waals surface area contributed by atoms with Crippen molar-refractivity contribution in [2.45, 2.75) is 45.6 Å². The molecule has 0 radical (unpaired) electrons. The van der Waals surface area contributed by atoms with Gasteiger partial charge in [-0.25, -0.2) is 13.1 Å². The number of nitro groups is 1. The van der Waals surface area contributed by atoms with E-state index in [2.05, 4.69) is 21.0 Å². The van der Waals surface area contributed by atoms with Crippen molar-refractivity contribution in [3.05, 3.63) is 64.2 Å². The van der Waals surface area contributed by atoms with Crippen molar-refractivity contribution in [2.75, 3.05) is 24.2 Å². The number of benzene rings is 2. The van der Waals surface area contributed by atoms with Crippen LogP contribution in [0.4, 0.5) is 5.69 Å². The number of carbonyl (C=O) groups excluding carboxylic acids is 1. The molecule has 4 rings (SSSR count). The largest absolute Gasteiger partial charge is 0.480 e. The second kappa shape index (κ2) is 12.0. The van der Waals surface area contributed by atoms with Crippen LogP contribution in [0.15, 0.2) is 53.5 Å². The molecule has 2 bridgehead atoms. The van der Waals surface area contributed by atoms with Gasteiger partial charge in [0.25, 0.3) is 6.54 Å². The number of nitrogens with one attached hydrogen (secondary N) is 2. The zero-order chi connectivity index (χ0) is 30.7. The number of hydrogen-bond donors (Lipinski definition) is 3. The highest BCUT2D eigenvalue weighted by atomic mass is 32.2.